The third kappa shape index (κ3) is 2.72. The number of ether oxygens (including phenoxy) is 2. The summed E-state index contributed by atoms with van der Waals surface area (Å²) in [6.45, 7) is 0. The van der Waals surface area contributed by atoms with Crippen molar-refractivity contribution in [3.8, 4) is 5.75 Å². The molecule has 4 rings (SSSR count). The van der Waals surface area contributed by atoms with Gasteiger partial charge in [-0.05, 0) is 18.2 Å². The number of carbonyl (C=O) groups is 1. The summed E-state index contributed by atoms with van der Waals surface area (Å²) in [6, 6.07) is 21.1. The molecule has 0 atom stereocenters. The molecule has 0 saturated carbocycles. The van der Waals surface area contributed by atoms with Gasteiger partial charge in [0.1, 0.15) is 17.2 Å². The highest BCUT2D eigenvalue weighted by Crippen LogP contribution is 2.47. The first-order chi connectivity index (χ1) is 13.7. The molecule has 0 aromatic heterocycles. The first kappa shape index (κ1) is 17.8. The Morgan fingerprint density at radius 3 is 2.32 bits per heavy atom. The molecule has 140 valence electrons. The van der Waals surface area contributed by atoms with Crippen LogP contribution in [0.2, 0.25) is 0 Å². The zero-order valence-corrected chi connectivity index (χ0v) is 15.5. The number of amides is 1. The van der Waals surface area contributed by atoms with Crippen LogP contribution >= 0.6 is 0 Å². The van der Waals surface area contributed by atoms with Gasteiger partial charge in [-0.3, -0.25) is 9.69 Å². The summed E-state index contributed by atoms with van der Waals surface area (Å²) in [5.41, 5.74) is 2.50. The number of benzene rings is 3. The van der Waals surface area contributed by atoms with Crippen LogP contribution in [-0.4, -0.2) is 20.1 Å². The van der Waals surface area contributed by atoms with E-state index in [0.717, 1.165) is 5.56 Å². The molecule has 3 aromatic rings. The summed E-state index contributed by atoms with van der Waals surface area (Å²) < 4.78 is 25.7. The van der Waals surface area contributed by atoms with Crippen molar-refractivity contribution in [1.82, 2.24) is 0 Å². The predicted octanol–water partition coefficient (Wildman–Crippen LogP) is 5.03. The molecule has 0 aliphatic carbocycles. The number of para-hydroxylation sites is 2. The fourth-order valence-corrected chi connectivity index (χ4v) is 3.49. The fourth-order valence-electron chi connectivity index (χ4n) is 3.49. The number of hydrogen-bond donors (Lipinski definition) is 0. The number of anilines is 2. The summed E-state index contributed by atoms with van der Waals surface area (Å²) in [5, 5.41) is 0. The Balaban J connectivity index is 2.00. The maximum atomic E-state index is 14.8. The van der Waals surface area contributed by atoms with E-state index in [1.54, 1.807) is 18.2 Å². The lowest BCUT2D eigenvalue weighted by Gasteiger charge is -2.20. The van der Waals surface area contributed by atoms with Crippen LogP contribution in [0, 0.1) is 5.82 Å². The zero-order chi connectivity index (χ0) is 19.7. The Hall–Kier alpha value is -3.60. The molecule has 0 unspecified atom stereocenters. The van der Waals surface area contributed by atoms with Gasteiger partial charge in [0.05, 0.1) is 25.5 Å². The molecule has 0 bridgehead atoms. The van der Waals surface area contributed by atoms with Crippen molar-refractivity contribution < 1.29 is 18.7 Å². The summed E-state index contributed by atoms with van der Waals surface area (Å²) in [7, 11) is 2.98. The predicted molar refractivity (Wildman–Crippen MR) is 107 cm³/mol. The number of methoxy groups -OCH3 is 2. The van der Waals surface area contributed by atoms with Gasteiger partial charge in [0.25, 0.3) is 5.91 Å². The molecule has 1 aliphatic heterocycles. The summed E-state index contributed by atoms with van der Waals surface area (Å²) in [4.78, 5) is 14.9. The van der Waals surface area contributed by atoms with E-state index in [4.69, 9.17) is 9.47 Å². The third-order valence-corrected chi connectivity index (χ3v) is 4.69. The van der Waals surface area contributed by atoms with Gasteiger partial charge in [0.2, 0.25) is 0 Å². The van der Waals surface area contributed by atoms with Crippen molar-refractivity contribution in [2.24, 2.45) is 0 Å². The number of nitrogens with zero attached hydrogens (tertiary/aromatic N) is 1. The highest BCUT2D eigenvalue weighted by molar-refractivity contribution is 6.39. The molecule has 0 N–H and O–H groups in total. The van der Waals surface area contributed by atoms with E-state index in [2.05, 4.69) is 0 Å². The van der Waals surface area contributed by atoms with Crippen molar-refractivity contribution in [3.63, 3.8) is 0 Å². The number of hydrogen-bond acceptors (Lipinski definition) is 3. The molecule has 4 nitrogen and oxygen atoms in total. The number of carbonyl (C=O) groups excluding carboxylic acids is 1. The van der Waals surface area contributed by atoms with Crippen molar-refractivity contribution in [3.05, 3.63) is 89.7 Å². The lowest BCUT2D eigenvalue weighted by molar-refractivity contribution is -0.112. The second kappa shape index (κ2) is 7.19. The van der Waals surface area contributed by atoms with E-state index in [1.807, 2.05) is 48.5 Å². The first-order valence-electron chi connectivity index (χ1n) is 8.77. The molecule has 5 heteroatoms. The van der Waals surface area contributed by atoms with Crippen molar-refractivity contribution in [2.45, 2.75) is 0 Å². The van der Waals surface area contributed by atoms with E-state index in [-0.39, 0.29) is 17.3 Å². The quantitative estimate of drug-likeness (QED) is 0.474. The van der Waals surface area contributed by atoms with Crippen LogP contribution in [0.3, 0.4) is 0 Å². The maximum absolute atomic E-state index is 14.8. The Morgan fingerprint density at radius 2 is 1.61 bits per heavy atom. The van der Waals surface area contributed by atoms with Gasteiger partial charge in [-0.25, -0.2) is 4.39 Å². The molecule has 1 amide bonds. The largest absolute Gasteiger partial charge is 0.495 e. The monoisotopic (exact) mass is 375 g/mol. The summed E-state index contributed by atoms with van der Waals surface area (Å²) in [5.74, 6) is -0.188. The minimum atomic E-state index is -0.539. The molecule has 0 spiro atoms. The molecule has 28 heavy (non-hydrogen) atoms. The topological polar surface area (TPSA) is 38.8 Å². The highest BCUT2D eigenvalue weighted by Gasteiger charge is 2.39. The first-order valence-corrected chi connectivity index (χ1v) is 8.77. The normalized spacial score (nSPS) is 14.7. The highest BCUT2D eigenvalue weighted by atomic mass is 19.1. The Bertz CT molecular complexity index is 1080. The van der Waals surface area contributed by atoms with E-state index in [0.29, 0.717) is 22.6 Å². The van der Waals surface area contributed by atoms with Crippen LogP contribution < -0.4 is 9.64 Å². The van der Waals surface area contributed by atoms with Gasteiger partial charge < -0.3 is 9.47 Å². The second-order valence-electron chi connectivity index (χ2n) is 6.22. The summed E-state index contributed by atoms with van der Waals surface area (Å²) >= 11 is 0. The van der Waals surface area contributed by atoms with Crippen molar-refractivity contribution >= 4 is 28.6 Å². The Labute approximate surface area is 162 Å². The standard InChI is InChI=1S/C23H18FNO3/c1-27-19-14-8-12-17(24)21(19)25-18-13-7-6-11-16(18)20(23(25)26)22(28-2)15-9-4-3-5-10-15/h3-14H,1-2H3. The minimum Gasteiger partial charge on any atom is -0.495 e. The van der Waals surface area contributed by atoms with Gasteiger partial charge >= 0.3 is 0 Å². The molecule has 0 fully saturated rings. The average Bonchev–Trinajstić information content (AvgIpc) is 3.01. The van der Waals surface area contributed by atoms with Gasteiger partial charge in [-0.1, -0.05) is 54.6 Å². The molecular formula is C23H18FNO3. The number of rotatable bonds is 4. The van der Waals surface area contributed by atoms with Gasteiger partial charge in [0, 0.05) is 11.1 Å². The fraction of sp³-hybridized carbons (Fsp3) is 0.0870. The maximum Gasteiger partial charge on any atom is 0.267 e. The molecule has 1 aliphatic rings. The minimum absolute atomic E-state index is 0.0842. The molecule has 3 aromatic carbocycles. The number of fused-ring (bicyclic) bond motifs is 1. The number of halogens is 1. The SMILES string of the molecule is COC(=C1C(=O)N(c2c(F)cccc2OC)c2ccccc21)c1ccccc1. The van der Waals surface area contributed by atoms with Crippen LogP contribution in [0.4, 0.5) is 15.8 Å². The Morgan fingerprint density at radius 1 is 0.893 bits per heavy atom. The van der Waals surface area contributed by atoms with Gasteiger partial charge in [0.15, 0.2) is 5.82 Å². The lowest BCUT2D eigenvalue weighted by Crippen LogP contribution is -2.23. The van der Waals surface area contributed by atoms with Gasteiger partial charge in [-0.2, -0.15) is 0 Å². The van der Waals surface area contributed by atoms with Crippen LogP contribution in [0.1, 0.15) is 11.1 Å². The molecule has 0 saturated heterocycles. The molecular weight excluding hydrogens is 357 g/mol. The van der Waals surface area contributed by atoms with Crippen molar-refractivity contribution in [2.75, 3.05) is 19.1 Å². The van der Waals surface area contributed by atoms with E-state index in [9.17, 15) is 9.18 Å². The lowest BCUT2D eigenvalue weighted by atomic mass is 10.0. The van der Waals surface area contributed by atoms with Crippen LogP contribution in [-0.2, 0) is 9.53 Å². The second-order valence-corrected chi connectivity index (χ2v) is 6.22. The molecule has 0 radical (unpaired) electrons. The van der Waals surface area contributed by atoms with Crippen LogP contribution in [0.25, 0.3) is 11.3 Å². The zero-order valence-electron chi connectivity index (χ0n) is 15.5. The van der Waals surface area contributed by atoms with E-state index in [1.165, 1.54) is 25.2 Å². The van der Waals surface area contributed by atoms with E-state index >= 15 is 0 Å². The van der Waals surface area contributed by atoms with Crippen LogP contribution in [0.5, 0.6) is 5.75 Å². The van der Waals surface area contributed by atoms with E-state index < -0.39 is 5.82 Å². The van der Waals surface area contributed by atoms with Crippen LogP contribution in [0.15, 0.2) is 72.8 Å². The molecule has 1 heterocycles. The Kier molecular flexibility index (Phi) is 4.57. The van der Waals surface area contributed by atoms with Crippen molar-refractivity contribution in [1.29, 1.82) is 0 Å². The third-order valence-electron chi connectivity index (χ3n) is 4.69. The average molecular weight is 375 g/mol. The van der Waals surface area contributed by atoms with Gasteiger partial charge in [-0.15, -0.1) is 0 Å². The smallest absolute Gasteiger partial charge is 0.267 e. The summed E-state index contributed by atoms with van der Waals surface area (Å²) in [6.07, 6.45) is 0.